The van der Waals surface area contributed by atoms with E-state index in [4.69, 9.17) is 0 Å². The van der Waals surface area contributed by atoms with Crippen molar-refractivity contribution in [3.63, 3.8) is 0 Å². The summed E-state index contributed by atoms with van der Waals surface area (Å²) in [7, 11) is 0. The molecule has 3 rings (SSSR count). The quantitative estimate of drug-likeness (QED) is 0.574. The maximum Gasteiger partial charge on any atom is 0.191 e. The van der Waals surface area contributed by atoms with Gasteiger partial charge in [0, 0.05) is 18.7 Å². The number of aliphatic imine (C=N–C) groups is 1. The average molecular weight is 343 g/mol. The number of phenolic OH excluding ortho intramolecular Hbond substituents is 1. The van der Waals surface area contributed by atoms with E-state index in [9.17, 15) is 5.11 Å². The topological polar surface area (TPSA) is 56.7 Å². The zero-order valence-electron chi connectivity index (χ0n) is 14.1. The number of nitrogens with zero attached hydrogens (tertiary/aromatic N) is 1. The second-order valence-corrected chi connectivity index (χ2v) is 6.87. The molecule has 2 aromatic rings. The van der Waals surface area contributed by atoms with Crippen LogP contribution in [0.25, 0.3) is 0 Å². The van der Waals surface area contributed by atoms with Gasteiger partial charge in [-0.1, -0.05) is 6.07 Å². The fourth-order valence-electron chi connectivity index (χ4n) is 3.16. The highest BCUT2D eigenvalue weighted by Crippen LogP contribution is 2.30. The van der Waals surface area contributed by atoms with E-state index in [2.05, 4.69) is 45.4 Å². The minimum absolute atomic E-state index is 0.386. The van der Waals surface area contributed by atoms with Gasteiger partial charge in [0.05, 0.1) is 6.54 Å². The van der Waals surface area contributed by atoms with E-state index in [1.165, 1.54) is 29.5 Å². The molecule has 1 heterocycles. The van der Waals surface area contributed by atoms with E-state index >= 15 is 0 Å². The van der Waals surface area contributed by atoms with Crippen LogP contribution in [0.5, 0.6) is 5.75 Å². The van der Waals surface area contributed by atoms with Crippen molar-refractivity contribution in [3.05, 3.63) is 51.2 Å². The van der Waals surface area contributed by atoms with Gasteiger partial charge < -0.3 is 15.7 Å². The van der Waals surface area contributed by atoms with Crippen LogP contribution in [0, 0.1) is 0 Å². The minimum Gasteiger partial charge on any atom is -0.508 e. The van der Waals surface area contributed by atoms with Crippen LogP contribution in [0.1, 0.15) is 42.0 Å². The van der Waals surface area contributed by atoms with Crippen LogP contribution >= 0.6 is 11.3 Å². The first-order chi connectivity index (χ1) is 11.8. The maximum atomic E-state index is 10.3. The number of thiophene rings is 1. The number of hydrogen-bond donors (Lipinski definition) is 3. The molecule has 4 nitrogen and oxygen atoms in total. The molecule has 128 valence electrons. The third-order valence-corrected chi connectivity index (χ3v) is 5.14. The first kappa shape index (κ1) is 16.8. The summed E-state index contributed by atoms with van der Waals surface area (Å²) in [6.07, 6.45) is 4.63. The molecule has 0 bridgehead atoms. The first-order valence-corrected chi connectivity index (χ1v) is 9.58. The van der Waals surface area contributed by atoms with Crippen molar-refractivity contribution in [1.82, 2.24) is 10.6 Å². The summed E-state index contributed by atoms with van der Waals surface area (Å²) < 4.78 is 0. The molecule has 0 aliphatic heterocycles. The molecule has 0 radical (unpaired) electrons. The van der Waals surface area contributed by atoms with E-state index in [0.29, 0.717) is 18.8 Å². The van der Waals surface area contributed by atoms with Gasteiger partial charge in [0.2, 0.25) is 0 Å². The molecular weight excluding hydrogens is 318 g/mol. The summed E-state index contributed by atoms with van der Waals surface area (Å²) in [6.45, 7) is 4.14. The van der Waals surface area contributed by atoms with Gasteiger partial charge in [-0.15, -0.1) is 0 Å². The van der Waals surface area contributed by atoms with Gasteiger partial charge in [0.1, 0.15) is 5.75 Å². The van der Waals surface area contributed by atoms with Gasteiger partial charge in [-0.05, 0) is 72.2 Å². The lowest BCUT2D eigenvalue weighted by molar-refractivity contribution is 0.464. The fraction of sp³-hybridized carbons (Fsp3) is 0.421. The van der Waals surface area contributed by atoms with Crippen molar-refractivity contribution >= 4 is 17.3 Å². The van der Waals surface area contributed by atoms with E-state index in [-0.39, 0.29) is 0 Å². The van der Waals surface area contributed by atoms with Crippen LogP contribution < -0.4 is 10.6 Å². The minimum atomic E-state index is 0.386. The molecule has 24 heavy (non-hydrogen) atoms. The monoisotopic (exact) mass is 343 g/mol. The molecule has 1 aromatic carbocycles. The van der Waals surface area contributed by atoms with Crippen molar-refractivity contribution < 1.29 is 5.11 Å². The van der Waals surface area contributed by atoms with Gasteiger partial charge in [0.15, 0.2) is 5.96 Å². The molecule has 1 aromatic heterocycles. The summed E-state index contributed by atoms with van der Waals surface area (Å²) in [5.74, 6) is 1.17. The predicted octanol–water partition coefficient (Wildman–Crippen LogP) is 3.59. The number of hydrogen-bond acceptors (Lipinski definition) is 3. The second kappa shape index (κ2) is 8.20. The summed E-state index contributed by atoms with van der Waals surface area (Å²) in [5.41, 5.74) is 4.95. The summed E-state index contributed by atoms with van der Waals surface area (Å²) in [6, 6.07) is 6.00. The van der Waals surface area contributed by atoms with Crippen molar-refractivity contribution in [2.75, 3.05) is 6.54 Å². The highest BCUT2D eigenvalue weighted by Gasteiger charge is 2.16. The third kappa shape index (κ3) is 4.09. The number of benzene rings is 1. The van der Waals surface area contributed by atoms with Crippen molar-refractivity contribution in [1.29, 1.82) is 0 Å². The number of rotatable bonds is 5. The van der Waals surface area contributed by atoms with Crippen LogP contribution in [-0.4, -0.2) is 17.6 Å². The van der Waals surface area contributed by atoms with Crippen molar-refractivity contribution in [2.24, 2.45) is 4.99 Å². The van der Waals surface area contributed by atoms with Crippen LogP contribution in [0.4, 0.5) is 0 Å². The Hall–Kier alpha value is -2.01. The Bertz CT molecular complexity index is 695. The molecule has 1 aliphatic rings. The highest BCUT2D eigenvalue weighted by atomic mass is 32.1. The molecule has 0 saturated heterocycles. The smallest absolute Gasteiger partial charge is 0.191 e. The lowest BCUT2D eigenvalue weighted by atomic mass is 9.88. The average Bonchev–Trinajstić information content (AvgIpc) is 3.12. The van der Waals surface area contributed by atoms with Gasteiger partial charge in [0.25, 0.3) is 0 Å². The summed E-state index contributed by atoms with van der Waals surface area (Å²) in [5, 5.41) is 21.1. The SMILES string of the molecule is CCNC(=NCc1ccsc1)NCc1c(O)ccc2c1CCCC2. The Morgan fingerprint density at radius 3 is 2.88 bits per heavy atom. The van der Waals surface area contributed by atoms with Crippen molar-refractivity contribution in [2.45, 2.75) is 45.7 Å². The van der Waals surface area contributed by atoms with Crippen molar-refractivity contribution in [3.8, 4) is 5.75 Å². The van der Waals surface area contributed by atoms with Crippen LogP contribution in [0.2, 0.25) is 0 Å². The lowest BCUT2D eigenvalue weighted by Crippen LogP contribution is -2.37. The lowest BCUT2D eigenvalue weighted by Gasteiger charge is -2.21. The molecule has 5 heteroatoms. The number of nitrogens with one attached hydrogen (secondary N) is 2. The zero-order chi connectivity index (χ0) is 16.8. The number of aryl methyl sites for hydroxylation is 1. The molecule has 0 amide bonds. The number of guanidine groups is 1. The van der Waals surface area contributed by atoms with Gasteiger partial charge >= 0.3 is 0 Å². The molecule has 0 spiro atoms. The van der Waals surface area contributed by atoms with Crippen LogP contribution in [0.15, 0.2) is 34.0 Å². The van der Waals surface area contributed by atoms with Crippen LogP contribution in [0.3, 0.4) is 0 Å². The predicted molar refractivity (Wildman–Crippen MR) is 101 cm³/mol. The number of phenols is 1. The molecule has 0 unspecified atom stereocenters. The standard InChI is InChI=1S/C19H25N3OS/c1-2-20-19(21-11-14-9-10-24-13-14)22-12-17-16-6-4-3-5-15(16)7-8-18(17)23/h7-10,13,23H,2-6,11-12H2,1H3,(H2,20,21,22). The number of fused-ring (bicyclic) bond motifs is 1. The van der Waals surface area contributed by atoms with E-state index in [0.717, 1.165) is 30.9 Å². The molecular formula is C19H25N3OS. The molecule has 0 atom stereocenters. The van der Waals surface area contributed by atoms with Crippen LogP contribution in [-0.2, 0) is 25.9 Å². The highest BCUT2D eigenvalue weighted by molar-refractivity contribution is 7.07. The van der Waals surface area contributed by atoms with E-state index in [1.54, 1.807) is 11.3 Å². The van der Waals surface area contributed by atoms with E-state index in [1.807, 2.05) is 6.07 Å². The third-order valence-electron chi connectivity index (χ3n) is 4.40. The first-order valence-electron chi connectivity index (χ1n) is 8.63. The maximum absolute atomic E-state index is 10.3. The molecule has 3 N–H and O–H groups in total. The normalized spacial score (nSPS) is 14.3. The Kier molecular flexibility index (Phi) is 5.75. The molecule has 0 saturated carbocycles. The summed E-state index contributed by atoms with van der Waals surface area (Å²) in [4.78, 5) is 4.63. The zero-order valence-corrected chi connectivity index (χ0v) is 15.0. The Morgan fingerprint density at radius 2 is 2.08 bits per heavy atom. The fourth-order valence-corrected chi connectivity index (χ4v) is 3.82. The number of aromatic hydroxyl groups is 1. The van der Waals surface area contributed by atoms with E-state index < -0.39 is 0 Å². The Morgan fingerprint density at radius 1 is 1.21 bits per heavy atom. The second-order valence-electron chi connectivity index (χ2n) is 6.09. The Labute approximate surface area is 147 Å². The molecule has 1 aliphatic carbocycles. The summed E-state index contributed by atoms with van der Waals surface area (Å²) >= 11 is 1.69. The molecule has 0 fully saturated rings. The Balaban J connectivity index is 1.71. The van der Waals surface area contributed by atoms with Gasteiger partial charge in [-0.25, -0.2) is 4.99 Å². The largest absolute Gasteiger partial charge is 0.508 e. The van der Waals surface area contributed by atoms with Gasteiger partial charge in [-0.3, -0.25) is 0 Å². The van der Waals surface area contributed by atoms with Gasteiger partial charge in [-0.2, -0.15) is 11.3 Å².